The minimum absolute atomic E-state index is 0.0944. The van der Waals surface area contributed by atoms with Crippen LogP contribution in [0.5, 0.6) is 0 Å². The quantitative estimate of drug-likeness (QED) is 0.667. The number of thiophene rings is 1. The summed E-state index contributed by atoms with van der Waals surface area (Å²) in [5, 5.41) is 0. The van der Waals surface area contributed by atoms with E-state index in [1.165, 1.54) is 11.3 Å². The molecule has 1 heterocycles. The van der Waals surface area contributed by atoms with Crippen molar-refractivity contribution in [1.82, 2.24) is 0 Å². The van der Waals surface area contributed by atoms with Crippen LogP contribution >= 0.6 is 43.2 Å². The van der Waals surface area contributed by atoms with Crippen molar-refractivity contribution in [2.75, 3.05) is 0 Å². The van der Waals surface area contributed by atoms with Crippen LogP contribution in [-0.4, -0.2) is 5.78 Å². The van der Waals surface area contributed by atoms with E-state index in [9.17, 15) is 4.79 Å². The zero-order valence-corrected chi connectivity index (χ0v) is 13.4. The molecule has 0 amide bonds. The van der Waals surface area contributed by atoms with Gasteiger partial charge >= 0.3 is 0 Å². The van der Waals surface area contributed by atoms with E-state index in [1.807, 2.05) is 38.1 Å². The minimum atomic E-state index is 0.0944. The van der Waals surface area contributed by atoms with Gasteiger partial charge in [-0.2, -0.15) is 0 Å². The van der Waals surface area contributed by atoms with Crippen molar-refractivity contribution >= 4 is 49.0 Å². The predicted molar refractivity (Wildman–Crippen MR) is 79.1 cm³/mol. The summed E-state index contributed by atoms with van der Waals surface area (Å²) in [6.07, 6.45) is 0. The highest BCUT2D eigenvalue weighted by molar-refractivity contribution is 9.13. The molecule has 0 atom stereocenters. The molecule has 1 aromatic carbocycles. The molecule has 0 aliphatic carbocycles. The Hall–Kier alpha value is -0.450. The number of rotatable bonds is 2. The van der Waals surface area contributed by atoms with Gasteiger partial charge in [0.05, 0.1) is 8.66 Å². The van der Waals surface area contributed by atoms with Gasteiger partial charge < -0.3 is 0 Å². The second-order valence-corrected chi connectivity index (χ2v) is 7.05. The number of ketones is 1. The van der Waals surface area contributed by atoms with E-state index in [0.29, 0.717) is 0 Å². The molecule has 88 valence electrons. The van der Waals surface area contributed by atoms with Crippen LogP contribution in [0.4, 0.5) is 0 Å². The predicted octanol–water partition coefficient (Wildman–Crippen LogP) is 5.12. The molecule has 0 saturated carbocycles. The summed E-state index contributed by atoms with van der Waals surface area (Å²) < 4.78 is 1.88. The van der Waals surface area contributed by atoms with Gasteiger partial charge in [-0.3, -0.25) is 4.79 Å². The van der Waals surface area contributed by atoms with E-state index >= 15 is 0 Å². The molecular formula is C13H10Br2OS. The summed E-state index contributed by atoms with van der Waals surface area (Å²) in [5.74, 6) is 0.0944. The molecule has 0 N–H and O–H groups in total. The van der Waals surface area contributed by atoms with Gasteiger partial charge in [0.2, 0.25) is 5.78 Å². The minimum Gasteiger partial charge on any atom is -0.288 e. The average molecular weight is 374 g/mol. The maximum atomic E-state index is 12.4. The fraction of sp³-hybridized carbons (Fsp3) is 0.154. The Kier molecular flexibility index (Phi) is 3.85. The molecule has 0 aliphatic heterocycles. The van der Waals surface area contributed by atoms with Crippen molar-refractivity contribution < 1.29 is 4.79 Å². The van der Waals surface area contributed by atoms with Crippen molar-refractivity contribution in [1.29, 1.82) is 0 Å². The number of hydrogen-bond donors (Lipinski definition) is 0. The lowest BCUT2D eigenvalue weighted by Gasteiger charge is -2.06. The molecule has 2 rings (SSSR count). The van der Waals surface area contributed by atoms with E-state index in [1.54, 1.807) is 0 Å². The Morgan fingerprint density at radius 2 is 1.76 bits per heavy atom. The number of benzene rings is 1. The van der Waals surface area contributed by atoms with Crippen LogP contribution in [0.2, 0.25) is 0 Å². The third-order valence-corrected chi connectivity index (χ3v) is 5.83. The number of carbonyl (C=O) groups excluding carboxylic acids is 1. The zero-order valence-electron chi connectivity index (χ0n) is 9.38. The maximum absolute atomic E-state index is 12.4. The van der Waals surface area contributed by atoms with Crippen LogP contribution in [-0.2, 0) is 0 Å². The Morgan fingerprint density at radius 1 is 1.18 bits per heavy atom. The van der Waals surface area contributed by atoms with Crippen molar-refractivity contribution in [3.05, 3.63) is 54.1 Å². The van der Waals surface area contributed by atoms with Crippen LogP contribution in [0.3, 0.4) is 0 Å². The van der Waals surface area contributed by atoms with Gasteiger partial charge in [-0.05, 0) is 62.9 Å². The standard InChI is InChI=1S/C13H10Br2OS/c1-7-4-3-5-8(2)11(7)12(16)10-6-9(14)13(15)17-10/h3-6H,1-2H3. The number of halogens is 2. The van der Waals surface area contributed by atoms with E-state index in [-0.39, 0.29) is 5.78 Å². The summed E-state index contributed by atoms with van der Waals surface area (Å²) in [4.78, 5) is 13.2. The second-order valence-electron chi connectivity index (χ2n) is 3.83. The van der Waals surface area contributed by atoms with Gasteiger partial charge in [-0.25, -0.2) is 0 Å². The first-order valence-corrected chi connectivity index (χ1v) is 7.46. The van der Waals surface area contributed by atoms with Gasteiger partial charge in [-0.15, -0.1) is 11.3 Å². The molecule has 0 bridgehead atoms. The van der Waals surface area contributed by atoms with E-state index in [4.69, 9.17) is 0 Å². The topological polar surface area (TPSA) is 17.1 Å². The SMILES string of the molecule is Cc1cccc(C)c1C(=O)c1cc(Br)c(Br)s1. The van der Waals surface area contributed by atoms with Gasteiger partial charge in [0.25, 0.3) is 0 Å². The number of hydrogen-bond acceptors (Lipinski definition) is 2. The molecule has 0 spiro atoms. The summed E-state index contributed by atoms with van der Waals surface area (Å²) in [6, 6.07) is 7.78. The fourth-order valence-corrected chi connectivity index (χ4v) is 3.74. The lowest BCUT2D eigenvalue weighted by atomic mass is 9.98. The maximum Gasteiger partial charge on any atom is 0.203 e. The summed E-state index contributed by atoms with van der Waals surface area (Å²) in [7, 11) is 0. The molecule has 0 radical (unpaired) electrons. The number of carbonyl (C=O) groups is 1. The first-order chi connectivity index (χ1) is 8.00. The van der Waals surface area contributed by atoms with Crippen LogP contribution in [0, 0.1) is 13.8 Å². The molecule has 1 nitrogen and oxygen atoms in total. The first kappa shape index (κ1) is 13.0. The molecule has 17 heavy (non-hydrogen) atoms. The molecule has 4 heteroatoms. The van der Waals surface area contributed by atoms with Crippen molar-refractivity contribution in [3.8, 4) is 0 Å². The Morgan fingerprint density at radius 3 is 2.24 bits per heavy atom. The van der Waals surface area contributed by atoms with Crippen LogP contribution < -0.4 is 0 Å². The highest BCUT2D eigenvalue weighted by Crippen LogP contribution is 2.34. The third kappa shape index (κ3) is 2.54. The Balaban J connectivity index is 2.51. The van der Waals surface area contributed by atoms with Crippen molar-refractivity contribution in [2.45, 2.75) is 13.8 Å². The smallest absolute Gasteiger partial charge is 0.203 e. The average Bonchev–Trinajstić information content (AvgIpc) is 2.59. The summed E-state index contributed by atoms with van der Waals surface area (Å²) in [6.45, 7) is 3.94. The second kappa shape index (κ2) is 5.04. The molecule has 0 fully saturated rings. The Labute approximate surface area is 121 Å². The van der Waals surface area contributed by atoms with E-state index in [0.717, 1.165) is 29.8 Å². The normalized spacial score (nSPS) is 10.6. The third-order valence-electron chi connectivity index (χ3n) is 2.58. The van der Waals surface area contributed by atoms with E-state index < -0.39 is 0 Å². The van der Waals surface area contributed by atoms with Crippen LogP contribution in [0.15, 0.2) is 32.5 Å². The summed E-state index contributed by atoms with van der Waals surface area (Å²) in [5.41, 5.74) is 2.86. The van der Waals surface area contributed by atoms with Gasteiger partial charge in [0.1, 0.15) is 0 Å². The largest absolute Gasteiger partial charge is 0.288 e. The lowest BCUT2D eigenvalue weighted by Crippen LogP contribution is -2.04. The van der Waals surface area contributed by atoms with Gasteiger partial charge in [0.15, 0.2) is 0 Å². The summed E-state index contributed by atoms with van der Waals surface area (Å²) >= 11 is 8.27. The van der Waals surface area contributed by atoms with Gasteiger partial charge in [-0.1, -0.05) is 18.2 Å². The fourth-order valence-electron chi connectivity index (χ4n) is 1.75. The van der Waals surface area contributed by atoms with Crippen molar-refractivity contribution in [2.24, 2.45) is 0 Å². The molecule has 1 aromatic heterocycles. The highest BCUT2D eigenvalue weighted by Gasteiger charge is 2.17. The Bertz CT molecular complexity index is 547. The molecule has 0 aliphatic rings. The van der Waals surface area contributed by atoms with E-state index in [2.05, 4.69) is 31.9 Å². The lowest BCUT2D eigenvalue weighted by molar-refractivity contribution is 0.104. The molecule has 0 unspecified atom stereocenters. The van der Waals surface area contributed by atoms with Gasteiger partial charge in [0, 0.05) is 10.0 Å². The van der Waals surface area contributed by atoms with Crippen LogP contribution in [0.1, 0.15) is 26.4 Å². The highest BCUT2D eigenvalue weighted by atomic mass is 79.9. The molecule has 2 aromatic rings. The molecule has 0 saturated heterocycles. The molecular weight excluding hydrogens is 364 g/mol. The van der Waals surface area contributed by atoms with Crippen LogP contribution in [0.25, 0.3) is 0 Å². The monoisotopic (exact) mass is 372 g/mol. The van der Waals surface area contributed by atoms with Crippen molar-refractivity contribution in [3.63, 3.8) is 0 Å². The first-order valence-electron chi connectivity index (χ1n) is 5.06. The zero-order chi connectivity index (χ0) is 12.6. The number of aryl methyl sites for hydroxylation is 2.